The number of nitrogens with zero attached hydrogens (tertiary/aromatic N) is 3. The number of benzene rings is 1. The Balaban J connectivity index is 1.81. The van der Waals surface area contributed by atoms with Crippen LogP contribution in [-0.4, -0.2) is 33.9 Å². The maximum Gasteiger partial charge on any atom is 0.272 e. The molecule has 1 saturated heterocycles. The Morgan fingerprint density at radius 1 is 1.23 bits per heavy atom. The van der Waals surface area contributed by atoms with Crippen LogP contribution in [0.3, 0.4) is 0 Å². The molecule has 1 amide bonds. The number of para-hydroxylation sites is 1. The van der Waals surface area contributed by atoms with Crippen LogP contribution in [0.2, 0.25) is 0 Å². The van der Waals surface area contributed by atoms with E-state index in [1.165, 1.54) is 5.56 Å². The molecular weight excluding hydrogens is 324 g/mol. The predicted molar refractivity (Wildman–Crippen MR) is 105 cm³/mol. The number of hydrogen-bond donors (Lipinski definition) is 1. The van der Waals surface area contributed by atoms with Gasteiger partial charge in [0.1, 0.15) is 5.69 Å². The Kier molecular flexibility index (Phi) is 5.55. The van der Waals surface area contributed by atoms with Crippen molar-refractivity contribution in [3.63, 3.8) is 0 Å². The van der Waals surface area contributed by atoms with Gasteiger partial charge in [-0.3, -0.25) is 4.79 Å². The SMILES string of the molecule is Cc1cccc(C(C)C)c1Nc1nccc(C(=O)N2CCC(C)CC2)n1. The van der Waals surface area contributed by atoms with Gasteiger partial charge in [0.05, 0.1) is 0 Å². The highest BCUT2D eigenvalue weighted by atomic mass is 16.2. The second-order valence-corrected chi connectivity index (χ2v) is 7.56. The summed E-state index contributed by atoms with van der Waals surface area (Å²) in [5.74, 6) is 1.54. The Morgan fingerprint density at radius 2 is 1.96 bits per heavy atom. The highest BCUT2D eigenvalue weighted by molar-refractivity contribution is 5.92. The Hall–Kier alpha value is -2.43. The van der Waals surface area contributed by atoms with E-state index in [0.29, 0.717) is 23.5 Å². The van der Waals surface area contributed by atoms with Crippen LogP contribution in [0, 0.1) is 12.8 Å². The summed E-state index contributed by atoms with van der Waals surface area (Å²) in [5.41, 5.74) is 3.84. The number of hydrogen-bond acceptors (Lipinski definition) is 4. The first-order valence-corrected chi connectivity index (χ1v) is 9.44. The van der Waals surface area contributed by atoms with E-state index < -0.39 is 0 Å². The molecule has 3 rings (SSSR count). The molecule has 26 heavy (non-hydrogen) atoms. The summed E-state index contributed by atoms with van der Waals surface area (Å²) in [6, 6.07) is 7.95. The molecule has 0 saturated carbocycles. The van der Waals surface area contributed by atoms with Gasteiger partial charge in [0, 0.05) is 25.0 Å². The minimum Gasteiger partial charge on any atom is -0.337 e. The first kappa shape index (κ1) is 18.4. The minimum absolute atomic E-state index is 0.00350. The zero-order valence-electron chi connectivity index (χ0n) is 16.1. The average Bonchev–Trinajstić information content (AvgIpc) is 2.63. The van der Waals surface area contributed by atoms with Crippen LogP contribution in [-0.2, 0) is 0 Å². The third-order valence-electron chi connectivity index (χ3n) is 5.11. The monoisotopic (exact) mass is 352 g/mol. The molecule has 0 unspecified atom stereocenters. The predicted octanol–water partition coefficient (Wildman–Crippen LogP) is 4.52. The van der Waals surface area contributed by atoms with E-state index in [4.69, 9.17) is 0 Å². The molecule has 1 fully saturated rings. The second-order valence-electron chi connectivity index (χ2n) is 7.56. The van der Waals surface area contributed by atoms with Crippen molar-refractivity contribution in [3.05, 3.63) is 47.3 Å². The fourth-order valence-electron chi connectivity index (χ4n) is 3.37. The molecule has 0 bridgehead atoms. The molecule has 1 N–H and O–H groups in total. The van der Waals surface area contributed by atoms with Gasteiger partial charge < -0.3 is 10.2 Å². The average molecular weight is 352 g/mol. The number of aryl methyl sites for hydroxylation is 1. The molecule has 0 spiro atoms. The van der Waals surface area contributed by atoms with Crippen LogP contribution >= 0.6 is 0 Å². The van der Waals surface area contributed by atoms with Crippen molar-refractivity contribution in [2.24, 2.45) is 5.92 Å². The molecule has 0 radical (unpaired) electrons. The standard InChI is InChI=1S/C21H28N4O/c1-14(2)17-7-5-6-16(4)19(17)24-21-22-11-8-18(23-21)20(26)25-12-9-15(3)10-13-25/h5-8,11,14-15H,9-10,12-13H2,1-4H3,(H,22,23,24). The number of aromatic nitrogens is 2. The summed E-state index contributed by atoms with van der Waals surface area (Å²) >= 11 is 0. The van der Waals surface area contributed by atoms with Gasteiger partial charge in [-0.05, 0) is 48.8 Å². The van der Waals surface area contributed by atoms with Gasteiger partial charge in [0.15, 0.2) is 0 Å². The van der Waals surface area contributed by atoms with Crippen LogP contribution in [0.1, 0.15) is 61.1 Å². The highest BCUT2D eigenvalue weighted by Crippen LogP contribution is 2.29. The molecule has 2 aromatic rings. The second kappa shape index (κ2) is 7.85. The molecule has 1 aliphatic rings. The molecule has 1 aliphatic heterocycles. The van der Waals surface area contributed by atoms with Gasteiger partial charge in [-0.15, -0.1) is 0 Å². The number of piperidine rings is 1. The topological polar surface area (TPSA) is 58.1 Å². The van der Waals surface area contributed by atoms with Gasteiger partial charge in [-0.2, -0.15) is 0 Å². The molecule has 138 valence electrons. The van der Waals surface area contributed by atoms with Gasteiger partial charge in [0.25, 0.3) is 5.91 Å². The van der Waals surface area contributed by atoms with Crippen LogP contribution < -0.4 is 5.32 Å². The lowest BCUT2D eigenvalue weighted by Crippen LogP contribution is -2.38. The first-order chi connectivity index (χ1) is 12.5. The first-order valence-electron chi connectivity index (χ1n) is 9.44. The summed E-state index contributed by atoms with van der Waals surface area (Å²) in [7, 11) is 0. The Labute approximate surface area is 155 Å². The van der Waals surface area contributed by atoms with Gasteiger partial charge in [-0.25, -0.2) is 9.97 Å². The number of nitrogens with one attached hydrogen (secondary N) is 1. The van der Waals surface area contributed by atoms with Crippen molar-refractivity contribution >= 4 is 17.5 Å². The fourth-order valence-corrected chi connectivity index (χ4v) is 3.37. The molecule has 5 heteroatoms. The molecule has 5 nitrogen and oxygen atoms in total. The van der Waals surface area contributed by atoms with E-state index in [9.17, 15) is 4.79 Å². The van der Waals surface area contributed by atoms with Crippen molar-refractivity contribution in [1.82, 2.24) is 14.9 Å². The summed E-state index contributed by atoms with van der Waals surface area (Å²) in [6.07, 6.45) is 3.77. The van der Waals surface area contributed by atoms with Gasteiger partial charge in [0.2, 0.25) is 5.95 Å². The quantitative estimate of drug-likeness (QED) is 0.878. The summed E-state index contributed by atoms with van der Waals surface area (Å²) < 4.78 is 0. The van der Waals surface area contributed by atoms with Crippen molar-refractivity contribution in [1.29, 1.82) is 0 Å². The maximum atomic E-state index is 12.8. The number of carbonyl (C=O) groups excluding carboxylic acids is 1. The van der Waals surface area contributed by atoms with Crippen molar-refractivity contribution in [2.45, 2.75) is 46.5 Å². The van der Waals surface area contributed by atoms with Crippen molar-refractivity contribution in [2.75, 3.05) is 18.4 Å². The summed E-state index contributed by atoms with van der Waals surface area (Å²) in [4.78, 5) is 23.5. The smallest absolute Gasteiger partial charge is 0.272 e. The maximum absolute atomic E-state index is 12.8. The van der Waals surface area contributed by atoms with E-state index in [1.807, 2.05) is 4.90 Å². The number of carbonyl (C=O) groups is 1. The molecule has 2 heterocycles. The van der Waals surface area contributed by atoms with E-state index >= 15 is 0 Å². The zero-order chi connectivity index (χ0) is 18.7. The lowest BCUT2D eigenvalue weighted by molar-refractivity contribution is 0.0691. The number of amides is 1. The van der Waals surface area contributed by atoms with Gasteiger partial charge >= 0.3 is 0 Å². The van der Waals surface area contributed by atoms with E-state index in [-0.39, 0.29) is 5.91 Å². The molecular formula is C21H28N4O. The molecule has 0 aliphatic carbocycles. The normalized spacial score (nSPS) is 15.3. The molecule has 1 aromatic heterocycles. The van der Waals surface area contributed by atoms with Crippen molar-refractivity contribution in [3.8, 4) is 0 Å². The lowest BCUT2D eigenvalue weighted by Gasteiger charge is -2.30. The highest BCUT2D eigenvalue weighted by Gasteiger charge is 2.22. The fraction of sp³-hybridized carbons (Fsp3) is 0.476. The number of likely N-dealkylation sites (tertiary alicyclic amines) is 1. The number of rotatable bonds is 4. The molecule has 0 atom stereocenters. The van der Waals surface area contributed by atoms with Crippen LogP contribution in [0.15, 0.2) is 30.5 Å². The third kappa shape index (κ3) is 4.03. The van der Waals surface area contributed by atoms with Crippen LogP contribution in [0.5, 0.6) is 0 Å². The van der Waals surface area contributed by atoms with Gasteiger partial charge in [-0.1, -0.05) is 39.0 Å². The van der Waals surface area contributed by atoms with E-state index in [1.54, 1.807) is 12.3 Å². The zero-order valence-corrected chi connectivity index (χ0v) is 16.1. The Morgan fingerprint density at radius 3 is 2.65 bits per heavy atom. The summed E-state index contributed by atoms with van der Waals surface area (Å²) in [5, 5.41) is 3.33. The van der Waals surface area contributed by atoms with Crippen LogP contribution in [0.4, 0.5) is 11.6 Å². The number of anilines is 2. The third-order valence-corrected chi connectivity index (χ3v) is 5.11. The molecule has 1 aromatic carbocycles. The lowest BCUT2D eigenvalue weighted by atomic mass is 9.98. The van der Waals surface area contributed by atoms with Crippen molar-refractivity contribution < 1.29 is 4.79 Å². The Bertz CT molecular complexity index is 779. The minimum atomic E-state index is -0.00350. The largest absolute Gasteiger partial charge is 0.337 e. The van der Waals surface area contributed by atoms with E-state index in [2.05, 4.69) is 61.2 Å². The van der Waals surface area contributed by atoms with Crippen LogP contribution in [0.25, 0.3) is 0 Å². The van der Waals surface area contributed by atoms with E-state index in [0.717, 1.165) is 37.2 Å². The summed E-state index contributed by atoms with van der Waals surface area (Å²) in [6.45, 7) is 10.3.